The van der Waals surface area contributed by atoms with Gasteiger partial charge in [-0.3, -0.25) is 19.7 Å². The highest BCUT2D eigenvalue weighted by Gasteiger charge is 2.45. The first kappa shape index (κ1) is 35.7. The number of aliphatic carboxylic acids is 1. The Morgan fingerprint density at radius 3 is 2.30 bits per heavy atom. The smallest absolute Gasteiger partial charge is 0.422 e. The van der Waals surface area contributed by atoms with E-state index in [1.165, 1.54) is 30.5 Å². The lowest BCUT2D eigenvalue weighted by Gasteiger charge is -2.19. The average molecular weight is 734 g/mol. The molecule has 1 saturated carbocycles. The van der Waals surface area contributed by atoms with Crippen LogP contribution in [0.15, 0.2) is 60.1 Å². The molecule has 0 spiro atoms. The number of carbonyl (C=O) groups is 4. The average Bonchev–Trinajstić information content (AvgIpc) is 3.66. The first-order valence-electron chi connectivity index (χ1n) is 14.7. The van der Waals surface area contributed by atoms with Gasteiger partial charge in [-0.1, -0.05) is 23.7 Å². The number of nitrogens with one attached hydrogen (secondary N) is 5. The summed E-state index contributed by atoms with van der Waals surface area (Å²) in [6, 6.07) is 10.9. The summed E-state index contributed by atoms with van der Waals surface area (Å²) in [6.07, 6.45) is -2.03. The van der Waals surface area contributed by atoms with Gasteiger partial charge in [0.15, 0.2) is 11.7 Å². The van der Waals surface area contributed by atoms with Crippen LogP contribution in [0.2, 0.25) is 5.02 Å². The van der Waals surface area contributed by atoms with Crippen molar-refractivity contribution in [3.8, 4) is 6.01 Å². The first-order valence-corrected chi connectivity index (χ1v) is 15.9. The highest BCUT2D eigenvalue weighted by molar-refractivity contribution is 7.13. The van der Waals surface area contributed by atoms with Crippen LogP contribution in [0.4, 0.5) is 35.9 Å². The van der Waals surface area contributed by atoms with Gasteiger partial charge in [0.25, 0.3) is 5.91 Å². The summed E-state index contributed by atoms with van der Waals surface area (Å²) >= 11 is 7.08. The molecule has 5 rings (SSSR count). The van der Waals surface area contributed by atoms with E-state index in [0.29, 0.717) is 23.6 Å². The van der Waals surface area contributed by atoms with Crippen molar-refractivity contribution in [3.63, 3.8) is 0 Å². The number of nitrogens with zero attached hydrogens (tertiary/aromatic N) is 4. The molecular formula is C30H27ClF3N9O6S. The Balaban J connectivity index is 1.19. The molecule has 1 atom stereocenters. The highest BCUT2D eigenvalue weighted by atomic mass is 35.5. The van der Waals surface area contributed by atoms with Gasteiger partial charge < -0.3 is 31.1 Å². The van der Waals surface area contributed by atoms with Gasteiger partial charge in [-0.15, -0.1) is 11.3 Å². The van der Waals surface area contributed by atoms with Gasteiger partial charge in [-0.2, -0.15) is 28.1 Å². The molecule has 2 heterocycles. The molecular weight excluding hydrogens is 707 g/mol. The molecule has 0 unspecified atom stereocenters. The van der Waals surface area contributed by atoms with Crippen LogP contribution in [0, 0.1) is 0 Å². The number of ether oxygens (including phenoxy) is 1. The minimum Gasteiger partial charge on any atom is -0.480 e. The maximum Gasteiger partial charge on any atom is 0.422 e. The number of carbonyl (C=O) groups excluding carboxylic acids is 3. The Morgan fingerprint density at radius 1 is 0.980 bits per heavy atom. The van der Waals surface area contributed by atoms with Crippen molar-refractivity contribution in [2.75, 3.05) is 29.1 Å². The van der Waals surface area contributed by atoms with Crippen molar-refractivity contribution >= 4 is 69.3 Å². The van der Waals surface area contributed by atoms with Gasteiger partial charge in [-0.05, 0) is 61.2 Å². The molecule has 0 saturated heterocycles. The number of aromatic nitrogens is 4. The Labute approximate surface area is 290 Å². The second-order valence-electron chi connectivity index (χ2n) is 10.8. The Morgan fingerprint density at radius 2 is 1.68 bits per heavy atom. The zero-order valence-corrected chi connectivity index (χ0v) is 27.2. The summed E-state index contributed by atoms with van der Waals surface area (Å²) in [4.78, 5) is 64.5. The van der Waals surface area contributed by atoms with Gasteiger partial charge in [-0.25, -0.2) is 9.78 Å². The summed E-state index contributed by atoms with van der Waals surface area (Å²) in [6.45, 7) is -1.78. The molecule has 3 amide bonds. The zero-order chi connectivity index (χ0) is 35.9. The normalized spacial score (nSPS) is 13.8. The van der Waals surface area contributed by atoms with Crippen LogP contribution in [0.25, 0.3) is 0 Å². The van der Waals surface area contributed by atoms with E-state index in [2.05, 4.69) is 46.5 Å². The predicted molar refractivity (Wildman–Crippen MR) is 174 cm³/mol. The van der Waals surface area contributed by atoms with Crippen molar-refractivity contribution in [2.45, 2.75) is 37.0 Å². The van der Waals surface area contributed by atoms with Crippen molar-refractivity contribution in [2.24, 2.45) is 0 Å². The van der Waals surface area contributed by atoms with Crippen LogP contribution < -0.4 is 31.3 Å². The molecule has 2 aromatic carbocycles. The minimum absolute atomic E-state index is 0.0286. The highest BCUT2D eigenvalue weighted by Crippen LogP contribution is 2.48. The van der Waals surface area contributed by atoms with Crippen molar-refractivity contribution in [1.29, 1.82) is 0 Å². The van der Waals surface area contributed by atoms with Gasteiger partial charge in [0.05, 0.1) is 5.54 Å². The number of thiazole rings is 1. The number of benzene rings is 2. The summed E-state index contributed by atoms with van der Waals surface area (Å²) in [5.74, 6) is -4.42. The number of alkyl halides is 3. The molecule has 1 fully saturated rings. The first-order chi connectivity index (χ1) is 23.8. The fraction of sp³-hybridized carbons (Fsp3) is 0.267. The van der Waals surface area contributed by atoms with E-state index in [1.54, 1.807) is 17.5 Å². The lowest BCUT2D eigenvalue weighted by atomic mass is 10.1. The van der Waals surface area contributed by atoms with Gasteiger partial charge in [0, 0.05) is 34.4 Å². The number of anilines is 4. The number of carboxylic acids is 1. The van der Waals surface area contributed by atoms with Crippen LogP contribution in [-0.4, -0.2) is 74.1 Å². The van der Waals surface area contributed by atoms with E-state index in [1.807, 2.05) is 12.1 Å². The molecule has 1 aliphatic rings. The van der Waals surface area contributed by atoms with Crippen LogP contribution in [0.1, 0.15) is 35.2 Å². The van der Waals surface area contributed by atoms with E-state index in [0.717, 1.165) is 16.9 Å². The Kier molecular flexibility index (Phi) is 11.0. The largest absolute Gasteiger partial charge is 0.480 e. The monoisotopic (exact) mass is 733 g/mol. The Hall–Kier alpha value is -5.56. The third-order valence-electron chi connectivity index (χ3n) is 7.06. The molecule has 6 N–H and O–H groups in total. The molecule has 15 nitrogen and oxygen atoms in total. The number of halogens is 4. The molecule has 1 aliphatic carbocycles. The standard InChI is InChI=1S/C30H27ClF3N9O6S/c31-18-5-3-17(4-6-18)29(10-11-29)43-26-40-25(41-27(42-26)49-15-30(32,33)34)37-19-7-1-16(2-8-19)21(44)35-12-9-20(24(47)48)38-22(45)23(46)39-28-36-13-14-50-28/h1-8,13-14,20H,9-12,15H2,(H,35,44)(H,38,45)(H,47,48)(H,36,39,46)(H2,37,40,41,42,43)/t20-/m1/s1. The molecule has 50 heavy (non-hydrogen) atoms. The molecule has 2 aromatic heterocycles. The van der Waals surface area contributed by atoms with Crippen molar-refractivity contribution in [1.82, 2.24) is 30.6 Å². The molecule has 4 aromatic rings. The van der Waals surface area contributed by atoms with Crippen LogP contribution in [-0.2, 0) is 19.9 Å². The van der Waals surface area contributed by atoms with Crippen LogP contribution in [0.3, 0.4) is 0 Å². The molecule has 0 bridgehead atoms. The van der Waals surface area contributed by atoms with Crippen molar-refractivity contribution in [3.05, 3.63) is 76.3 Å². The fourth-order valence-electron chi connectivity index (χ4n) is 4.46. The van der Waals surface area contributed by atoms with Gasteiger partial charge in [0.1, 0.15) is 6.04 Å². The maximum absolute atomic E-state index is 12.9. The summed E-state index contributed by atoms with van der Waals surface area (Å²) in [5.41, 5.74) is 0.886. The number of amides is 3. The Bertz CT molecular complexity index is 1840. The number of hydrogen-bond donors (Lipinski definition) is 6. The zero-order valence-electron chi connectivity index (χ0n) is 25.6. The third kappa shape index (κ3) is 9.98. The summed E-state index contributed by atoms with van der Waals surface area (Å²) in [7, 11) is 0. The predicted octanol–water partition coefficient (Wildman–Crippen LogP) is 4.10. The SMILES string of the molecule is O=C(Nc1nccs1)C(=O)N[C@H](CCNC(=O)c1ccc(Nc2nc(NC3(c4ccc(Cl)cc4)CC3)nc(OCC(F)(F)F)n2)cc1)C(=O)O. The number of hydrogen-bond acceptors (Lipinski definition) is 12. The summed E-state index contributed by atoms with van der Waals surface area (Å²) in [5, 5.41) is 24.7. The number of rotatable bonds is 14. The summed E-state index contributed by atoms with van der Waals surface area (Å²) < 4.78 is 43.5. The van der Waals surface area contributed by atoms with Crippen LogP contribution >= 0.6 is 22.9 Å². The second-order valence-corrected chi connectivity index (χ2v) is 12.1. The van der Waals surface area contributed by atoms with E-state index in [4.69, 9.17) is 16.3 Å². The lowest BCUT2D eigenvalue weighted by Crippen LogP contribution is -2.47. The molecule has 0 aliphatic heterocycles. The molecule has 20 heteroatoms. The minimum atomic E-state index is -4.63. The third-order valence-corrected chi connectivity index (χ3v) is 8.00. The van der Waals surface area contributed by atoms with E-state index in [9.17, 15) is 37.5 Å². The topological polar surface area (TPSA) is 209 Å². The van der Waals surface area contributed by atoms with E-state index in [-0.39, 0.29) is 35.6 Å². The quantitative estimate of drug-likeness (QED) is 0.101. The van der Waals surface area contributed by atoms with E-state index >= 15 is 0 Å². The molecule has 262 valence electrons. The van der Waals surface area contributed by atoms with Gasteiger partial charge in [0.2, 0.25) is 11.9 Å². The van der Waals surface area contributed by atoms with E-state index < -0.39 is 54.1 Å². The molecule has 0 radical (unpaired) electrons. The second kappa shape index (κ2) is 15.3. The maximum atomic E-state index is 12.9. The van der Waals surface area contributed by atoms with Crippen molar-refractivity contribution < 1.29 is 42.2 Å². The fourth-order valence-corrected chi connectivity index (χ4v) is 5.11. The van der Waals surface area contributed by atoms with Gasteiger partial charge >= 0.3 is 30.0 Å². The lowest BCUT2D eigenvalue weighted by molar-refractivity contribution is -0.154. The number of carboxylic acid groups (broad SMARTS) is 1. The van der Waals surface area contributed by atoms with Crippen LogP contribution in [0.5, 0.6) is 6.01 Å².